The van der Waals surface area contributed by atoms with Crippen molar-refractivity contribution in [2.24, 2.45) is 0 Å². The normalized spacial score (nSPS) is 11.5. The van der Waals surface area contributed by atoms with Gasteiger partial charge in [0.05, 0.1) is 22.3 Å². The van der Waals surface area contributed by atoms with Crippen molar-refractivity contribution in [2.45, 2.75) is 26.3 Å². The van der Waals surface area contributed by atoms with E-state index in [0.29, 0.717) is 12.6 Å². The summed E-state index contributed by atoms with van der Waals surface area (Å²) in [5.41, 5.74) is 0.746. The first-order chi connectivity index (χ1) is 6.94. The van der Waals surface area contributed by atoms with E-state index >= 15 is 0 Å². The third-order valence-corrected chi connectivity index (χ3v) is 2.65. The molecular formula is C10H16BrN3O. The molecule has 4 nitrogen and oxygen atoms in total. The fourth-order valence-electron chi connectivity index (χ4n) is 1.21. The van der Waals surface area contributed by atoms with E-state index in [-0.39, 0.29) is 5.54 Å². The van der Waals surface area contributed by atoms with Crippen LogP contribution in [0.2, 0.25) is 0 Å². The van der Waals surface area contributed by atoms with Crippen LogP contribution in [0.4, 0.5) is 5.95 Å². The molecule has 1 N–H and O–H groups in total. The highest BCUT2D eigenvalue weighted by Crippen LogP contribution is 2.16. The molecule has 1 heterocycles. The van der Waals surface area contributed by atoms with E-state index in [9.17, 15) is 0 Å². The van der Waals surface area contributed by atoms with E-state index in [1.165, 1.54) is 0 Å². The van der Waals surface area contributed by atoms with Crippen LogP contribution in [0.1, 0.15) is 19.5 Å². The van der Waals surface area contributed by atoms with Gasteiger partial charge in [0.1, 0.15) is 0 Å². The van der Waals surface area contributed by atoms with Crippen molar-refractivity contribution in [1.82, 2.24) is 9.97 Å². The Bertz CT molecular complexity index is 341. The van der Waals surface area contributed by atoms with Gasteiger partial charge < -0.3 is 10.1 Å². The Labute approximate surface area is 98.6 Å². The fourth-order valence-corrected chi connectivity index (χ4v) is 1.40. The van der Waals surface area contributed by atoms with Gasteiger partial charge in [-0.05, 0) is 36.7 Å². The largest absolute Gasteiger partial charge is 0.382 e. The maximum atomic E-state index is 5.11. The number of aryl methyl sites for hydroxylation is 1. The maximum Gasteiger partial charge on any atom is 0.223 e. The Hall–Kier alpha value is -0.680. The van der Waals surface area contributed by atoms with Crippen LogP contribution in [0.15, 0.2) is 10.7 Å². The van der Waals surface area contributed by atoms with Crippen LogP contribution in [-0.4, -0.2) is 29.2 Å². The fraction of sp³-hybridized carbons (Fsp3) is 0.600. The summed E-state index contributed by atoms with van der Waals surface area (Å²) in [6, 6.07) is 0. The number of halogens is 1. The molecule has 0 saturated carbocycles. The van der Waals surface area contributed by atoms with E-state index in [4.69, 9.17) is 4.74 Å². The molecule has 0 bridgehead atoms. The highest BCUT2D eigenvalue weighted by molar-refractivity contribution is 9.10. The molecule has 1 aromatic heterocycles. The van der Waals surface area contributed by atoms with E-state index < -0.39 is 0 Å². The second kappa shape index (κ2) is 4.90. The number of anilines is 1. The number of aromatic nitrogens is 2. The molecule has 1 aromatic rings. The minimum Gasteiger partial charge on any atom is -0.382 e. The molecule has 0 radical (unpaired) electrons. The Morgan fingerprint density at radius 3 is 2.73 bits per heavy atom. The molecule has 0 saturated heterocycles. The number of hydrogen-bond acceptors (Lipinski definition) is 4. The molecule has 84 valence electrons. The number of ether oxygens (including phenoxy) is 1. The van der Waals surface area contributed by atoms with Crippen molar-refractivity contribution in [3.63, 3.8) is 0 Å². The van der Waals surface area contributed by atoms with Gasteiger partial charge in [0.2, 0.25) is 5.95 Å². The zero-order valence-corrected chi connectivity index (χ0v) is 11.1. The third kappa shape index (κ3) is 3.76. The smallest absolute Gasteiger partial charge is 0.223 e. The lowest BCUT2D eigenvalue weighted by atomic mass is 10.1. The van der Waals surface area contributed by atoms with E-state index in [0.717, 1.165) is 10.2 Å². The summed E-state index contributed by atoms with van der Waals surface area (Å²) >= 11 is 3.36. The van der Waals surface area contributed by atoms with Gasteiger partial charge in [-0.1, -0.05) is 0 Å². The van der Waals surface area contributed by atoms with E-state index in [1.54, 1.807) is 13.3 Å². The lowest BCUT2D eigenvalue weighted by Gasteiger charge is -2.25. The molecule has 1 rings (SSSR count). The van der Waals surface area contributed by atoms with Crippen molar-refractivity contribution in [2.75, 3.05) is 19.0 Å². The van der Waals surface area contributed by atoms with E-state index in [1.807, 2.05) is 20.8 Å². The minimum absolute atomic E-state index is 0.172. The SMILES string of the molecule is COCC(C)(C)Nc1ncc(Br)c(C)n1. The zero-order chi connectivity index (χ0) is 11.5. The molecule has 0 aromatic carbocycles. The highest BCUT2D eigenvalue weighted by Gasteiger charge is 2.18. The van der Waals surface area contributed by atoms with Gasteiger partial charge in [-0.2, -0.15) is 0 Å². The Morgan fingerprint density at radius 1 is 1.53 bits per heavy atom. The predicted octanol–water partition coefficient (Wildman–Crippen LogP) is 2.38. The van der Waals surface area contributed by atoms with Crippen LogP contribution in [-0.2, 0) is 4.74 Å². The molecule has 0 aliphatic heterocycles. The molecule has 0 unspecified atom stereocenters. The molecule has 0 amide bonds. The molecule has 15 heavy (non-hydrogen) atoms. The molecular weight excluding hydrogens is 258 g/mol. The number of nitrogens with zero attached hydrogens (tertiary/aromatic N) is 2. The van der Waals surface area contributed by atoms with Gasteiger partial charge in [0, 0.05) is 13.3 Å². The van der Waals surface area contributed by atoms with Gasteiger partial charge in [-0.3, -0.25) is 0 Å². The number of nitrogens with one attached hydrogen (secondary N) is 1. The lowest BCUT2D eigenvalue weighted by Crippen LogP contribution is -2.36. The number of methoxy groups -OCH3 is 1. The monoisotopic (exact) mass is 273 g/mol. The van der Waals surface area contributed by atoms with Crippen molar-refractivity contribution in [1.29, 1.82) is 0 Å². The van der Waals surface area contributed by atoms with Gasteiger partial charge >= 0.3 is 0 Å². The summed E-state index contributed by atoms with van der Waals surface area (Å²) in [7, 11) is 1.68. The van der Waals surface area contributed by atoms with Crippen LogP contribution in [0, 0.1) is 6.92 Å². The average Bonchev–Trinajstić information content (AvgIpc) is 2.10. The first-order valence-corrected chi connectivity index (χ1v) is 5.50. The summed E-state index contributed by atoms with van der Waals surface area (Å²) in [5, 5.41) is 3.22. The molecule has 0 aliphatic rings. The van der Waals surface area contributed by atoms with Gasteiger partial charge in [-0.15, -0.1) is 0 Å². The lowest BCUT2D eigenvalue weighted by molar-refractivity contribution is 0.158. The summed E-state index contributed by atoms with van der Waals surface area (Å²) in [6.07, 6.45) is 1.74. The zero-order valence-electron chi connectivity index (χ0n) is 9.47. The summed E-state index contributed by atoms with van der Waals surface area (Å²) in [5.74, 6) is 0.623. The second-order valence-corrected chi connectivity index (χ2v) is 4.92. The minimum atomic E-state index is -0.172. The summed E-state index contributed by atoms with van der Waals surface area (Å²) in [4.78, 5) is 8.50. The molecule has 0 atom stereocenters. The first kappa shape index (κ1) is 12.4. The van der Waals surface area contributed by atoms with Crippen molar-refractivity contribution >= 4 is 21.9 Å². The maximum absolute atomic E-state index is 5.11. The van der Waals surface area contributed by atoms with Crippen molar-refractivity contribution in [3.05, 3.63) is 16.4 Å². The van der Waals surface area contributed by atoms with Crippen LogP contribution in [0.5, 0.6) is 0 Å². The highest BCUT2D eigenvalue weighted by atomic mass is 79.9. The standard InChI is InChI=1S/C10H16BrN3O/c1-7-8(11)5-12-9(13-7)14-10(2,3)6-15-4/h5H,6H2,1-4H3,(H,12,13,14). The molecule has 5 heteroatoms. The first-order valence-electron chi connectivity index (χ1n) is 4.71. The Kier molecular flexibility index (Phi) is 4.04. The summed E-state index contributed by atoms with van der Waals surface area (Å²) in [6.45, 7) is 6.61. The summed E-state index contributed by atoms with van der Waals surface area (Å²) < 4.78 is 6.02. The Balaban J connectivity index is 2.76. The number of rotatable bonds is 4. The van der Waals surface area contributed by atoms with Gasteiger partial charge in [0.25, 0.3) is 0 Å². The Morgan fingerprint density at radius 2 is 2.20 bits per heavy atom. The second-order valence-electron chi connectivity index (χ2n) is 4.07. The molecule has 0 aliphatic carbocycles. The van der Waals surface area contributed by atoms with E-state index in [2.05, 4.69) is 31.2 Å². The van der Waals surface area contributed by atoms with Crippen LogP contribution in [0.3, 0.4) is 0 Å². The van der Waals surface area contributed by atoms with Crippen LogP contribution in [0.25, 0.3) is 0 Å². The van der Waals surface area contributed by atoms with Gasteiger partial charge in [-0.25, -0.2) is 9.97 Å². The van der Waals surface area contributed by atoms with Crippen molar-refractivity contribution in [3.8, 4) is 0 Å². The number of hydrogen-bond donors (Lipinski definition) is 1. The molecule has 0 spiro atoms. The van der Waals surface area contributed by atoms with Crippen LogP contribution < -0.4 is 5.32 Å². The van der Waals surface area contributed by atoms with Crippen molar-refractivity contribution < 1.29 is 4.74 Å². The van der Waals surface area contributed by atoms with Gasteiger partial charge in [0.15, 0.2) is 0 Å². The topological polar surface area (TPSA) is 47.0 Å². The quantitative estimate of drug-likeness (QED) is 0.915. The average molecular weight is 274 g/mol. The predicted molar refractivity (Wildman–Crippen MR) is 64.0 cm³/mol. The molecule has 0 fully saturated rings. The van der Waals surface area contributed by atoms with Crippen LogP contribution >= 0.6 is 15.9 Å². The third-order valence-electron chi connectivity index (χ3n) is 1.87.